The third kappa shape index (κ3) is 12.9. The summed E-state index contributed by atoms with van der Waals surface area (Å²) in [6.45, 7) is 9.16. The van der Waals surface area contributed by atoms with E-state index in [0.29, 0.717) is 56.9 Å². The molecule has 0 unspecified atom stereocenters. The van der Waals surface area contributed by atoms with Gasteiger partial charge in [0.05, 0.1) is 24.4 Å². The van der Waals surface area contributed by atoms with Crippen molar-refractivity contribution >= 4 is 29.4 Å². The molecule has 338 valence electrons. The number of allylic oxidation sites excluding steroid dienone is 5. The number of esters is 1. The molecule has 1 amide bonds. The average molecular weight is 846 g/mol. The number of rotatable bonds is 9. The van der Waals surface area contributed by atoms with E-state index in [1.54, 1.807) is 26.0 Å². The lowest BCUT2D eigenvalue weighted by atomic mass is 9.82. The largest absolute Gasteiger partial charge is 0.481 e. The van der Waals surface area contributed by atoms with Crippen LogP contribution >= 0.6 is 0 Å². The first-order chi connectivity index (χ1) is 28.4. The summed E-state index contributed by atoms with van der Waals surface area (Å²) in [4.78, 5) is 69.2. The SMILES string of the molecule is CO[C@H]1C[C@@H](C)C/C(C)=C/[C@@H](C/C=C/CCC(=O)O)C(=O)C[C@H](O)[C@@H](C)[C@@H](/C(C)=C/[C@H]2CC[C@H](O)CC2)OC(=O)[C@@H]2CCCCN2C(=O)C(=O)[C@]2(O)O[C@H]1[C@@H](OC)C[C@H]2C. The number of hydrogen-bond donors (Lipinski definition) is 4. The van der Waals surface area contributed by atoms with Crippen molar-refractivity contribution in [3.8, 4) is 0 Å². The summed E-state index contributed by atoms with van der Waals surface area (Å²) >= 11 is 0. The fourth-order valence-corrected chi connectivity index (χ4v) is 9.53. The summed E-state index contributed by atoms with van der Waals surface area (Å²) in [5.74, 6) is -8.88. The van der Waals surface area contributed by atoms with Crippen molar-refractivity contribution < 1.29 is 63.3 Å². The van der Waals surface area contributed by atoms with E-state index in [4.69, 9.17) is 24.1 Å². The molecule has 3 aliphatic heterocycles. The number of piperidine rings is 1. The lowest BCUT2D eigenvalue weighted by molar-refractivity contribution is -0.302. The lowest BCUT2D eigenvalue weighted by Gasteiger charge is -2.47. The highest BCUT2D eigenvalue weighted by molar-refractivity contribution is 6.39. The van der Waals surface area contributed by atoms with Crippen LogP contribution in [-0.2, 0) is 42.9 Å². The van der Waals surface area contributed by atoms with E-state index in [0.717, 1.165) is 18.4 Å². The molecular formula is C46H71NO13. The fraction of sp³-hybridized carbons (Fsp3) is 0.761. The molecule has 11 atom stereocenters. The second kappa shape index (κ2) is 22.7. The van der Waals surface area contributed by atoms with Gasteiger partial charge in [0.1, 0.15) is 24.0 Å². The van der Waals surface area contributed by atoms with Gasteiger partial charge < -0.3 is 44.3 Å². The maximum Gasteiger partial charge on any atom is 0.329 e. The number of Topliss-reactive ketones (excluding diaryl/α,β-unsaturated/α-hetero) is 2. The Hall–Kier alpha value is -3.27. The molecule has 4 aliphatic rings. The highest BCUT2D eigenvalue weighted by Gasteiger charge is 2.56. The number of ether oxygens (including phenoxy) is 4. The molecule has 2 bridgehead atoms. The maximum absolute atomic E-state index is 14.3. The molecule has 0 spiro atoms. The van der Waals surface area contributed by atoms with Gasteiger partial charge in [-0.25, -0.2) is 4.79 Å². The van der Waals surface area contributed by atoms with E-state index in [1.165, 1.54) is 19.1 Å². The average Bonchev–Trinajstić information content (AvgIpc) is 3.21. The fourth-order valence-electron chi connectivity index (χ4n) is 9.53. The van der Waals surface area contributed by atoms with Gasteiger partial charge in [-0.1, -0.05) is 50.6 Å². The van der Waals surface area contributed by atoms with E-state index in [9.17, 15) is 39.3 Å². The zero-order chi connectivity index (χ0) is 44.3. The molecule has 2 saturated heterocycles. The Morgan fingerprint density at radius 2 is 1.62 bits per heavy atom. The number of carbonyl (C=O) groups excluding carboxylic acids is 4. The first-order valence-electron chi connectivity index (χ1n) is 22.0. The zero-order valence-electron chi connectivity index (χ0n) is 36.8. The minimum absolute atomic E-state index is 0.0427. The number of nitrogens with zero attached hydrogens (tertiary/aromatic N) is 1. The molecule has 0 aromatic carbocycles. The second-order valence-electron chi connectivity index (χ2n) is 18.0. The van der Waals surface area contributed by atoms with Crippen molar-refractivity contribution in [3.63, 3.8) is 0 Å². The molecule has 0 radical (unpaired) electrons. The summed E-state index contributed by atoms with van der Waals surface area (Å²) in [6.07, 6.45) is 8.15. The number of cyclic esters (lactones) is 1. The number of aliphatic carboxylic acids is 1. The standard InChI is InChI=1S/C46H71NO13/c1-27-21-28(2)23-38(57-6)42-39(58-7)25-30(4)46(56,60-42)43(53)44(54)47-20-12-11-14-35(47)45(55)59-41(29(3)24-32-16-18-34(48)19-17-32)31(5)36(49)26-37(50)33(22-27)13-9-8-10-15-40(51)52/h8-9,22,24,28,30-36,38-39,41-42,48-49,56H,10-21,23,25-26H2,1-7H3,(H,51,52)/b9-8+,27-22+,29-24+/t28-,30+,31+,32-,33+,34-,35-,36-,38-,39-,41+,42+,46+/m0/s1. The monoisotopic (exact) mass is 845 g/mol. The molecule has 0 aromatic heterocycles. The summed E-state index contributed by atoms with van der Waals surface area (Å²) in [6, 6.07) is -1.15. The van der Waals surface area contributed by atoms with Crippen molar-refractivity contribution in [2.75, 3.05) is 20.8 Å². The number of aliphatic hydroxyl groups excluding tert-OH is 2. The highest BCUT2D eigenvalue weighted by atomic mass is 16.7. The smallest absolute Gasteiger partial charge is 0.329 e. The number of carboxylic acid groups (broad SMARTS) is 1. The number of aliphatic hydroxyl groups is 3. The van der Waals surface area contributed by atoms with E-state index >= 15 is 0 Å². The van der Waals surface area contributed by atoms with Crippen LogP contribution in [0.1, 0.15) is 125 Å². The van der Waals surface area contributed by atoms with Gasteiger partial charge in [0.15, 0.2) is 0 Å². The summed E-state index contributed by atoms with van der Waals surface area (Å²) < 4.78 is 24.2. The summed E-state index contributed by atoms with van der Waals surface area (Å²) in [5.41, 5.74) is 1.57. The third-order valence-electron chi connectivity index (χ3n) is 13.2. The van der Waals surface area contributed by atoms with Crippen LogP contribution in [0.3, 0.4) is 0 Å². The molecule has 4 N–H and O–H groups in total. The van der Waals surface area contributed by atoms with E-state index in [-0.39, 0.29) is 56.0 Å². The second-order valence-corrected chi connectivity index (χ2v) is 18.0. The minimum atomic E-state index is -2.53. The Morgan fingerprint density at radius 1 is 0.950 bits per heavy atom. The maximum atomic E-state index is 14.3. The van der Waals surface area contributed by atoms with Crippen LogP contribution in [-0.4, -0.2) is 124 Å². The van der Waals surface area contributed by atoms with Gasteiger partial charge in [0.2, 0.25) is 5.79 Å². The van der Waals surface area contributed by atoms with Gasteiger partial charge in [0, 0.05) is 51.4 Å². The van der Waals surface area contributed by atoms with E-state index in [1.807, 2.05) is 32.9 Å². The first-order valence-corrected chi connectivity index (χ1v) is 22.0. The van der Waals surface area contributed by atoms with Crippen LogP contribution in [0, 0.1) is 29.6 Å². The van der Waals surface area contributed by atoms with Crippen LogP contribution in [0.15, 0.2) is 35.5 Å². The Kier molecular flexibility index (Phi) is 18.7. The molecule has 14 nitrogen and oxygen atoms in total. The first kappa shape index (κ1) is 49.4. The van der Waals surface area contributed by atoms with Crippen molar-refractivity contribution in [2.45, 2.75) is 173 Å². The van der Waals surface area contributed by atoms with Crippen molar-refractivity contribution in [2.24, 2.45) is 29.6 Å². The van der Waals surface area contributed by atoms with Crippen molar-refractivity contribution in [3.05, 3.63) is 35.5 Å². The number of fused-ring (bicyclic) bond motifs is 3. The predicted molar refractivity (Wildman–Crippen MR) is 222 cm³/mol. The quantitative estimate of drug-likeness (QED) is 0.133. The predicted octanol–water partition coefficient (Wildman–Crippen LogP) is 5.25. The van der Waals surface area contributed by atoms with E-state index in [2.05, 4.69) is 0 Å². The van der Waals surface area contributed by atoms with Gasteiger partial charge in [-0.05, 0) is 108 Å². The Bertz CT molecular complexity index is 1580. The van der Waals surface area contributed by atoms with Crippen LogP contribution in [0.25, 0.3) is 0 Å². The van der Waals surface area contributed by atoms with Crippen molar-refractivity contribution in [1.82, 2.24) is 4.90 Å². The van der Waals surface area contributed by atoms with E-state index < -0.39 is 83.7 Å². The minimum Gasteiger partial charge on any atom is -0.481 e. The molecule has 1 aliphatic carbocycles. The van der Waals surface area contributed by atoms with Crippen molar-refractivity contribution in [1.29, 1.82) is 0 Å². The number of carboxylic acids is 1. The molecule has 3 fully saturated rings. The molecule has 60 heavy (non-hydrogen) atoms. The Labute approximate surface area is 355 Å². The number of carbonyl (C=O) groups is 5. The number of ketones is 2. The Morgan fingerprint density at radius 3 is 2.27 bits per heavy atom. The molecule has 0 aromatic rings. The molecular weight excluding hydrogens is 774 g/mol. The van der Waals surface area contributed by atoms with Crippen LogP contribution in [0.5, 0.6) is 0 Å². The molecule has 3 heterocycles. The topological polar surface area (TPSA) is 206 Å². The third-order valence-corrected chi connectivity index (χ3v) is 13.2. The number of amides is 1. The van der Waals surface area contributed by atoms with Crippen LogP contribution < -0.4 is 0 Å². The molecule has 1 saturated carbocycles. The zero-order valence-corrected chi connectivity index (χ0v) is 36.8. The van der Waals surface area contributed by atoms with Gasteiger partial charge in [-0.2, -0.15) is 0 Å². The van der Waals surface area contributed by atoms with Crippen LogP contribution in [0.4, 0.5) is 0 Å². The van der Waals surface area contributed by atoms with Gasteiger partial charge in [0.25, 0.3) is 11.7 Å². The highest BCUT2D eigenvalue weighted by Crippen LogP contribution is 2.39. The van der Waals surface area contributed by atoms with Crippen LogP contribution in [0.2, 0.25) is 0 Å². The summed E-state index contributed by atoms with van der Waals surface area (Å²) in [7, 11) is 3.02. The normalized spacial score (nSPS) is 38.4. The lowest BCUT2D eigenvalue weighted by Crippen LogP contribution is -2.64. The number of hydrogen-bond acceptors (Lipinski definition) is 12. The van der Waals surface area contributed by atoms with Gasteiger partial charge >= 0.3 is 11.9 Å². The molecule has 14 heteroatoms. The number of methoxy groups -OCH3 is 2. The van der Waals surface area contributed by atoms with Gasteiger partial charge in [-0.15, -0.1) is 0 Å². The summed E-state index contributed by atoms with van der Waals surface area (Å²) in [5, 5.41) is 43.1. The van der Waals surface area contributed by atoms with Gasteiger partial charge in [-0.3, -0.25) is 19.2 Å². The molecule has 4 rings (SSSR count). The Balaban J connectivity index is 1.78.